The van der Waals surface area contributed by atoms with Crippen LogP contribution in [0.1, 0.15) is 81.1 Å². The third-order valence-electron chi connectivity index (χ3n) is 4.56. The van der Waals surface area contributed by atoms with Crippen LogP contribution in [0.2, 0.25) is 0 Å². The van der Waals surface area contributed by atoms with Crippen LogP contribution in [0.25, 0.3) is 0 Å². The Morgan fingerprint density at radius 1 is 0.882 bits per heavy atom. The van der Waals surface area contributed by atoms with Gasteiger partial charge in [-0.15, -0.1) is 0 Å². The van der Waals surface area contributed by atoms with Crippen LogP contribution < -0.4 is 0 Å². The van der Waals surface area contributed by atoms with E-state index in [1.54, 1.807) is 0 Å². The fraction of sp³-hybridized carbons (Fsp3) is 1.00. The summed E-state index contributed by atoms with van der Waals surface area (Å²) in [5, 5.41) is 0. The maximum Gasteiger partial charge on any atom is -0.0329 e. The van der Waals surface area contributed by atoms with Gasteiger partial charge in [0, 0.05) is 0 Å². The second-order valence-electron chi connectivity index (χ2n) is 7.59. The average molecular weight is 240 g/mol. The molecule has 2 unspecified atom stereocenters. The van der Waals surface area contributed by atoms with Gasteiger partial charge in [0.05, 0.1) is 0 Å². The van der Waals surface area contributed by atoms with Crippen LogP contribution in [0.3, 0.4) is 0 Å². The first-order valence-corrected chi connectivity index (χ1v) is 7.69. The van der Waals surface area contributed by atoms with Crippen LogP contribution in [0.4, 0.5) is 0 Å². The second kappa shape index (κ2) is 7.44. The van der Waals surface area contributed by atoms with Gasteiger partial charge in [0.25, 0.3) is 0 Å². The summed E-state index contributed by atoms with van der Waals surface area (Å²) in [7, 11) is 0. The van der Waals surface area contributed by atoms with Crippen LogP contribution >= 0.6 is 0 Å². The minimum atomic E-state index is 0.496. The summed E-state index contributed by atoms with van der Waals surface area (Å²) in [6.07, 6.45) is 5.55. The molecule has 0 heterocycles. The maximum atomic E-state index is 2.45. The van der Waals surface area contributed by atoms with Crippen LogP contribution in [-0.2, 0) is 0 Å². The molecule has 0 saturated heterocycles. The van der Waals surface area contributed by atoms with E-state index in [2.05, 4.69) is 55.4 Å². The van der Waals surface area contributed by atoms with Gasteiger partial charge in [-0.25, -0.2) is 0 Å². The van der Waals surface area contributed by atoms with Crippen LogP contribution in [0.5, 0.6) is 0 Å². The first-order chi connectivity index (χ1) is 7.69. The molecule has 0 aromatic carbocycles. The molecular formula is C17H36. The number of hydrogen-bond donors (Lipinski definition) is 0. The Kier molecular flexibility index (Phi) is 7.44. The van der Waals surface area contributed by atoms with Crippen molar-refractivity contribution in [1.82, 2.24) is 0 Å². The van der Waals surface area contributed by atoms with Crippen molar-refractivity contribution in [3.63, 3.8) is 0 Å². The van der Waals surface area contributed by atoms with Gasteiger partial charge in [-0.3, -0.25) is 0 Å². The molecule has 0 fully saturated rings. The van der Waals surface area contributed by atoms with Crippen LogP contribution in [0.15, 0.2) is 0 Å². The molecule has 0 aliphatic rings. The molecule has 0 aliphatic carbocycles. The SMILES string of the molecule is CCC(CC(C)C)CC(C)CC(C)(C)C(C)C. The lowest BCUT2D eigenvalue weighted by Crippen LogP contribution is -2.23. The summed E-state index contributed by atoms with van der Waals surface area (Å²) in [5.74, 6) is 3.45. The van der Waals surface area contributed by atoms with Gasteiger partial charge < -0.3 is 0 Å². The zero-order valence-corrected chi connectivity index (χ0v) is 13.6. The van der Waals surface area contributed by atoms with Gasteiger partial charge in [0.15, 0.2) is 0 Å². The van der Waals surface area contributed by atoms with Crippen LogP contribution in [-0.4, -0.2) is 0 Å². The smallest absolute Gasteiger partial charge is 0.0329 e. The normalized spacial score (nSPS) is 16.6. The summed E-state index contributed by atoms with van der Waals surface area (Å²) in [4.78, 5) is 0. The van der Waals surface area contributed by atoms with E-state index in [9.17, 15) is 0 Å². The highest BCUT2D eigenvalue weighted by Gasteiger charge is 2.25. The van der Waals surface area contributed by atoms with E-state index in [1.165, 1.54) is 25.7 Å². The Bertz CT molecular complexity index is 188. The van der Waals surface area contributed by atoms with E-state index in [4.69, 9.17) is 0 Å². The molecule has 0 radical (unpaired) electrons. The Labute approximate surface area is 111 Å². The van der Waals surface area contributed by atoms with E-state index >= 15 is 0 Å². The van der Waals surface area contributed by atoms with Crippen molar-refractivity contribution < 1.29 is 0 Å². The summed E-state index contributed by atoms with van der Waals surface area (Å²) >= 11 is 0. The molecule has 0 aromatic rings. The molecule has 0 aromatic heterocycles. The molecule has 0 saturated carbocycles. The zero-order valence-electron chi connectivity index (χ0n) is 13.6. The molecule has 104 valence electrons. The molecular weight excluding hydrogens is 204 g/mol. The lowest BCUT2D eigenvalue weighted by Gasteiger charge is -2.33. The third-order valence-corrected chi connectivity index (χ3v) is 4.56. The van der Waals surface area contributed by atoms with E-state index in [0.717, 1.165) is 23.7 Å². The molecule has 0 spiro atoms. The van der Waals surface area contributed by atoms with Crippen molar-refractivity contribution in [1.29, 1.82) is 0 Å². The van der Waals surface area contributed by atoms with Crippen LogP contribution in [0, 0.1) is 29.1 Å². The zero-order chi connectivity index (χ0) is 13.6. The minimum Gasteiger partial charge on any atom is -0.0651 e. The first kappa shape index (κ1) is 17.0. The molecule has 0 amide bonds. The average Bonchev–Trinajstić information content (AvgIpc) is 2.14. The highest BCUT2D eigenvalue weighted by Crippen LogP contribution is 2.36. The summed E-state index contributed by atoms with van der Waals surface area (Å²) in [6.45, 7) is 19.1. The molecule has 0 bridgehead atoms. The van der Waals surface area contributed by atoms with E-state index in [1.807, 2.05) is 0 Å². The van der Waals surface area contributed by atoms with Crippen molar-refractivity contribution in [2.45, 2.75) is 81.1 Å². The van der Waals surface area contributed by atoms with Gasteiger partial charge in [-0.1, -0.05) is 61.8 Å². The van der Waals surface area contributed by atoms with Crippen molar-refractivity contribution >= 4 is 0 Å². The largest absolute Gasteiger partial charge is 0.0651 e. The summed E-state index contributed by atoms with van der Waals surface area (Å²) in [6, 6.07) is 0. The van der Waals surface area contributed by atoms with Crippen molar-refractivity contribution in [2.24, 2.45) is 29.1 Å². The van der Waals surface area contributed by atoms with Crippen molar-refractivity contribution in [3.8, 4) is 0 Å². The number of rotatable bonds is 8. The van der Waals surface area contributed by atoms with Crippen molar-refractivity contribution in [3.05, 3.63) is 0 Å². The molecule has 0 heteroatoms. The molecule has 2 atom stereocenters. The first-order valence-electron chi connectivity index (χ1n) is 7.69. The van der Waals surface area contributed by atoms with Gasteiger partial charge >= 0.3 is 0 Å². The third kappa shape index (κ3) is 7.11. The molecule has 0 N–H and O–H groups in total. The van der Waals surface area contributed by atoms with Gasteiger partial charge in [0.1, 0.15) is 0 Å². The molecule has 0 aliphatic heterocycles. The van der Waals surface area contributed by atoms with Gasteiger partial charge in [0.2, 0.25) is 0 Å². The Morgan fingerprint density at radius 3 is 1.76 bits per heavy atom. The van der Waals surface area contributed by atoms with E-state index in [-0.39, 0.29) is 0 Å². The quantitative estimate of drug-likeness (QED) is 0.477. The minimum absolute atomic E-state index is 0.496. The van der Waals surface area contributed by atoms with E-state index < -0.39 is 0 Å². The van der Waals surface area contributed by atoms with Gasteiger partial charge in [-0.05, 0) is 48.3 Å². The predicted octanol–water partition coefficient (Wildman–Crippen LogP) is 6.16. The Hall–Kier alpha value is 0. The molecule has 0 rings (SSSR count). The lowest BCUT2D eigenvalue weighted by molar-refractivity contribution is 0.174. The molecule has 17 heavy (non-hydrogen) atoms. The maximum absolute atomic E-state index is 2.45. The summed E-state index contributed by atoms with van der Waals surface area (Å²) in [5.41, 5.74) is 0.496. The Balaban J connectivity index is 4.19. The monoisotopic (exact) mass is 240 g/mol. The van der Waals surface area contributed by atoms with Crippen molar-refractivity contribution in [2.75, 3.05) is 0 Å². The molecule has 0 nitrogen and oxygen atoms in total. The summed E-state index contributed by atoms with van der Waals surface area (Å²) < 4.78 is 0. The predicted molar refractivity (Wildman–Crippen MR) is 80.3 cm³/mol. The fourth-order valence-corrected chi connectivity index (χ4v) is 2.88. The second-order valence-corrected chi connectivity index (χ2v) is 7.59. The highest BCUT2D eigenvalue weighted by molar-refractivity contribution is 4.76. The standard InChI is InChI=1S/C17H36/c1-9-16(10-13(2)3)11-15(6)12-17(7,8)14(4)5/h13-16H,9-12H2,1-8H3. The lowest BCUT2D eigenvalue weighted by atomic mass is 9.72. The van der Waals surface area contributed by atoms with E-state index in [0.29, 0.717) is 5.41 Å². The topological polar surface area (TPSA) is 0 Å². The fourth-order valence-electron chi connectivity index (χ4n) is 2.88. The van der Waals surface area contributed by atoms with Gasteiger partial charge in [-0.2, -0.15) is 0 Å². The Morgan fingerprint density at radius 2 is 1.41 bits per heavy atom. The highest BCUT2D eigenvalue weighted by atomic mass is 14.3. The number of hydrogen-bond acceptors (Lipinski definition) is 0.